The number of benzene rings is 2. The summed E-state index contributed by atoms with van der Waals surface area (Å²) in [6.07, 6.45) is 10.9. The van der Waals surface area contributed by atoms with Crippen LogP contribution >= 0.6 is 0 Å². The number of pyridine rings is 1. The molecule has 1 N–H and O–H groups in total. The molecule has 0 saturated carbocycles. The number of sulfonamides is 1. The fourth-order valence-corrected chi connectivity index (χ4v) is 5.34. The number of anilines is 1. The van der Waals surface area contributed by atoms with Crippen molar-refractivity contribution in [2.24, 2.45) is 0 Å². The summed E-state index contributed by atoms with van der Waals surface area (Å²) in [6.45, 7) is 2.03. The fraction of sp³-hybridized carbons (Fsp3) is 0.269. The van der Waals surface area contributed by atoms with Crippen LogP contribution in [-0.2, 0) is 10.0 Å². The molecule has 1 aromatic heterocycles. The molecule has 32 heavy (non-hydrogen) atoms. The first-order valence-electron chi connectivity index (χ1n) is 11.1. The van der Waals surface area contributed by atoms with Crippen LogP contribution in [0, 0.1) is 0 Å². The number of nitrogens with one attached hydrogen (secondary N) is 1. The molecular formula is C26H27N3O2S. The number of rotatable bonds is 4. The SMILES string of the molecule is CS(=O)(=O)Nc1ccc2c(c1)C(N1CCCCC1)c1cc(-c3ccccc3)cnc1C=C2. The van der Waals surface area contributed by atoms with E-state index < -0.39 is 10.0 Å². The van der Waals surface area contributed by atoms with Gasteiger partial charge in [0.2, 0.25) is 10.0 Å². The molecule has 2 heterocycles. The Bertz CT molecular complexity index is 1260. The van der Waals surface area contributed by atoms with Crippen molar-refractivity contribution in [2.45, 2.75) is 25.3 Å². The van der Waals surface area contributed by atoms with E-state index in [-0.39, 0.29) is 6.04 Å². The summed E-state index contributed by atoms with van der Waals surface area (Å²) in [4.78, 5) is 7.36. The Morgan fingerprint density at radius 1 is 0.906 bits per heavy atom. The second-order valence-electron chi connectivity index (χ2n) is 8.61. The summed E-state index contributed by atoms with van der Waals surface area (Å²) in [6, 6.07) is 18.4. The molecule has 1 aliphatic carbocycles. The number of piperidine rings is 1. The minimum atomic E-state index is -3.35. The van der Waals surface area contributed by atoms with Crippen molar-refractivity contribution in [1.29, 1.82) is 0 Å². The van der Waals surface area contributed by atoms with Gasteiger partial charge in [0.15, 0.2) is 0 Å². The molecule has 2 aliphatic rings. The Kier molecular flexibility index (Phi) is 5.57. The lowest BCUT2D eigenvalue weighted by molar-refractivity contribution is 0.187. The van der Waals surface area contributed by atoms with Gasteiger partial charge in [-0.15, -0.1) is 0 Å². The number of hydrogen-bond acceptors (Lipinski definition) is 4. The summed E-state index contributed by atoms with van der Waals surface area (Å²) in [5, 5.41) is 0. The summed E-state index contributed by atoms with van der Waals surface area (Å²) >= 11 is 0. The van der Waals surface area contributed by atoms with Crippen molar-refractivity contribution in [2.75, 3.05) is 24.1 Å². The van der Waals surface area contributed by atoms with Gasteiger partial charge in [-0.1, -0.05) is 48.9 Å². The lowest BCUT2D eigenvalue weighted by atomic mass is 9.91. The summed E-state index contributed by atoms with van der Waals surface area (Å²) in [5.41, 5.74) is 7.17. The Morgan fingerprint density at radius 2 is 1.69 bits per heavy atom. The zero-order valence-electron chi connectivity index (χ0n) is 18.2. The van der Waals surface area contributed by atoms with E-state index in [0.29, 0.717) is 5.69 Å². The molecule has 1 fully saturated rings. The van der Waals surface area contributed by atoms with Crippen molar-refractivity contribution in [3.63, 3.8) is 0 Å². The van der Waals surface area contributed by atoms with E-state index >= 15 is 0 Å². The van der Waals surface area contributed by atoms with Crippen molar-refractivity contribution < 1.29 is 8.42 Å². The van der Waals surface area contributed by atoms with Crippen molar-refractivity contribution in [1.82, 2.24) is 9.88 Å². The third kappa shape index (κ3) is 4.33. The smallest absolute Gasteiger partial charge is 0.229 e. The highest BCUT2D eigenvalue weighted by atomic mass is 32.2. The molecule has 5 rings (SSSR count). The average Bonchev–Trinajstić information content (AvgIpc) is 2.95. The van der Waals surface area contributed by atoms with Crippen LogP contribution in [0.25, 0.3) is 23.3 Å². The van der Waals surface area contributed by atoms with Gasteiger partial charge in [0.25, 0.3) is 0 Å². The van der Waals surface area contributed by atoms with Crippen LogP contribution in [0.3, 0.4) is 0 Å². The van der Waals surface area contributed by atoms with E-state index in [1.54, 1.807) is 0 Å². The van der Waals surface area contributed by atoms with Gasteiger partial charge in [0, 0.05) is 23.0 Å². The largest absolute Gasteiger partial charge is 0.292 e. The van der Waals surface area contributed by atoms with E-state index in [9.17, 15) is 8.42 Å². The molecule has 1 atom stereocenters. The molecule has 5 nitrogen and oxygen atoms in total. The second kappa shape index (κ2) is 8.52. The first-order chi connectivity index (χ1) is 15.5. The molecule has 3 aromatic rings. The average molecular weight is 446 g/mol. The number of hydrogen-bond donors (Lipinski definition) is 1. The van der Waals surface area contributed by atoms with Crippen molar-refractivity contribution in [3.05, 3.63) is 83.2 Å². The van der Waals surface area contributed by atoms with E-state index in [1.165, 1.54) is 31.1 Å². The molecule has 1 aliphatic heterocycles. The van der Waals surface area contributed by atoms with E-state index in [1.807, 2.05) is 42.6 Å². The highest BCUT2D eigenvalue weighted by Gasteiger charge is 2.30. The highest BCUT2D eigenvalue weighted by Crippen LogP contribution is 2.40. The first-order valence-corrected chi connectivity index (χ1v) is 13.0. The Labute approximate surface area is 189 Å². The molecule has 164 valence electrons. The van der Waals surface area contributed by atoms with Crippen LogP contribution in [0.15, 0.2) is 60.8 Å². The maximum atomic E-state index is 11.9. The van der Waals surface area contributed by atoms with Crippen LogP contribution in [0.2, 0.25) is 0 Å². The maximum absolute atomic E-state index is 11.9. The van der Waals surface area contributed by atoms with E-state index in [0.717, 1.165) is 41.0 Å². The van der Waals surface area contributed by atoms with Crippen LogP contribution in [-0.4, -0.2) is 37.6 Å². The zero-order valence-corrected chi connectivity index (χ0v) is 19.0. The van der Waals surface area contributed by atoms with Crippen LogP contribution < -0.4 is 4.72 Å². The van der Waals surface area contributed by atoms with Gasteiger partial charge >= 0.3 is 0 Å². The topological polar surface area (TPSA) is 62.3 Å². The van der Waals surface area contributed by atoms with Gasteiger partial charge in [0.1, 0.15) is 0 Å². The lowest BCUT2D eigenvalue weighted by Gasteiger charge is -2.36. The summed E-state index contributed by atoms with van der Waals surface area (Å²) in [5.74, 6) is 0. The maximum Gasteiger partial charge on any atom is 0.229 e. The molecule has 0 amide bonds. The minimum Gasteiger partial charge on any atom is -0.292 e. The van der Waals surface area contributed by atoms with Gasteiger partial charge in [-0.3, -0.25) is 14.6 Å². The minimum absolute atomic E-state index is 0.0211. The lowest BCUT2D eigenvalue weighted by Crippen LogP contribution is -2.35. The Balaban J connectivity index is 1.67. The van der Waals surface area contributed by atoms with Gasteiger partial charge in [0.05, 0.1) is 18.0 Å². The number of nitrogens with zero attached hydrogens (tertiary/aromatic N) is 2. The van der Waals surface area contributed by atoms with E-state index in [2.05, 4.69) is 40.0 Å². The van der Waals surface area contributed by atoms with Crippen molar-refractivity contribution >= 4 is 27.9 Å². The summed E-state index contributed by atoms with van der Waals surface area (Å²) < 4.78 is 26.4. The molecule has 1 saturated heterocycles. The Morgan fingerprint density at radius 3 is 2.44 bits per heavy atom. The molecule has 0 radical (unpaired) electrons. The molecular weight excluding hydrogens is 418 g/mol. The molecule has 0 bridgehead atoms. The Hall–Kier alpha value is -2.96. The number of fused-ring (bicyclic) bond motifs is 2. The highest BCUT2D eigenvalue weighted by molar-refractivity contribution is 7.92. The first kappa shape index (κ1) is 20.9. The quantitative estimate of drug-likeness (QED) is 0.601. The van der Waals surface area contributed by atoms with Gasteiger partial charge < -0.3 is 0 Å². The van der Waals surface area contributed by atoms with Gasteiger partial charge in [-0.25, -0.2) is 8.42 Å². The molecule has 2 aromatic carbocycles. The van der Waals surface area contributed by atoms with Crippen LogP contribution in [0.1, 0.15) is 47.7 Å². The third-order valence-electron chi connectivity index (χ3n) is 6.21. The normalized spacial score (nSPS) is 18.5. The number of aromatic nitrogens is 1. The molecule has 0 spiro atoms. The molecule has 6 heteroatoms. The van der Waals surface area contributed by atoms with E-state index in [4.69, 9.17) is 4.98 Å². The predicted molar refractivity (Wildman–Crippen MR) is 131 cm³/mol. The fourth-order valence-electron chi connectivity index (χ4n) is 4.79. The standard InChI is InChI=1S/C26H27N3O2S/c1-32(30,31)28-22-12-10-20-11-13-25-24(16-21(18-27-25)19-8-4-2-5-9-19)26(23(20)17-22)29-14-6-3-7-15-29/h2,4-5,8-13,16-18,26,28H,3,6-7,14-15H2,1H3. The van der Waals surface area contributed by atoms with Gasteiger partial charge in [-0.05, 0) is 66.9 Å². The monoisotopic (exact) mass is 445 g/mol. The van der Waals surface area contributed by atoms with Gasteiger partial charge in [-0.2, -0.15) is 0 Å². The second-order valence-corrected chi connectivity index (χ2v) is 10.4. The zero-order chi connectivity index (χ0) is 22.1. The van der Waals surface area contributed by atoms with Crippen molar-refractivity contribution in [3.8, 4) is 11.1 Å². The predicted octanol–water partition coefficient (Wildman–Crippen LogP) is 5.18. The molecule has 1 unspecified atom stereocenters. The van der Waals surface area contributed by atoms with Crippen LogP contribution in [0.5, 0.6) is 0 Å². The number of likely N-dealkylation sites (tertiary alicyclic amines) is 1. The van der Waals surface area contributed by atoms with Crippen LogP contribution in [0.4, 0.5) is 5.69 Å². The third-order valence-corrected chi connectivity index (χ3v) is 6.82. The summed E-state index contributed by atoms with van der Waals surface area (Å²) in [7, 11) is -3.35.